The summed E-state index contributed by atoms with van der Waals surface area (Å²) in [6.07, 6.45) is 1.32. The molecule has 3 rings (SSSR count). The molecule has 120 valence electrons. The maximum atomic E-state index is 12.6. The number of ether oxygens (including phenoxy) is 1. The first-order valence-corrected chi connectivity index (χ1v) is 8.95. The van der Waals surface area contributed by atoms with Crippen molar-refractivity contribution in [2.75, 3.05) is 31.1 Å². The molecule has 1 atom stereocenters. The van der Waals surface area contributed by atoms with Gasteiger partial charge in [-0.3, -0.25) is 4.79 Å². The number of hydrogen-bond donors (Lipinski definition) is 0. The summed E-state index contributed by atoms with van der Waals surface area (Å²) in [7, 11) is -3.50. The SMILES string of the molecule is CC1CN(S(=O)(=O)c2ccc(N3CCCC3=O)cc2)CCO1. The number of hydrogen-bond acceptors (Lipinski definition) is 4. The summed E-state index contributed by atoms with van der Waals surface area (Å²) in [5, 5.41) is 0. The lowest BCUT2D eigenvalue weighted by Crippen LogP contribution is -2.44. The van der Waals surface area contributed by atoms with Crippen molar-refractivity contribution in [3.05, 3.63) is 24.3 Å². The minimum absolute atomic E-state index is 0.0926. The van der Waals surface area contributed by atoms with E-state index in [4.69, 9.17) is 4.74 Å². The van der Waals surface area contributed by atoms with E-state index in [-0.39, 0.29) is 16.9 Å². The highest BCUT2D eigenvalue weighted by Crippen LogP contribution is 2.25. The first-order chi connectivity index (χ1) is 10.5. The monoisotopic (exact) mass is 324 g/mol. The molecule has 0 bridgehead atoms. The number of carbonyl (C=O) groups excluding carboxylic acids is 1. The second kappa shape index (κ2) is 5.98. The molecule has 22 heavy (non-hydrogen) atoms. The molecular formula is C15H20N2O4S. The standard InChI is InChI=1S/C15H20N2O4S/c1-12-11-16(9-10-21-12)22(19,20)14-6-4-13(5-7-14)17-8-2-3-15(17)18/h4-7,12H,2-3,8-11H2,1H3. The molecule has 6 nitrogen and oxygen atoms in total. The summed E-state index contributed by atoms with van der Waals surface area (Å²) >= 11 is 0. The summed E-state index contributed by atoms with van der Waals surface area (Å²) in [5.41, 5.74) is 0.761. The molecule has 1 amide bonds. The normalized spacial score (nSPS) is 24.0. The number of benzene rings is 1. The van der Waals surface area contributed by atoms with E-state index in [1.54, 1.807) is 29.2 Å². The molecule has 7 heteroatoms. The molecule has 1 unspecified atom stereocenters. The van der Waals surface area contributed by atoms with Crippen LogP contribution in [0.25, 0.3) is 0 Å². The van der Waals surface area contributed by atoms with Crippen LogP contribution in [0.2, 0.25) is 0 Å². The summed E-state index contributed by atoms with van der Waals surface area (Å²) in [6, 6.07) is 6.58. The molecule has 0 radical (unpaired) electrons. The van der Waals surface area contributed by atoms with E-state index in [2.05, 4.69) is 0 Å². The van der Waals surface area contributed by atoms with Gasteiger partial charge in [-0.1, -0.05) is 0 Å². The van der Waals surface area contributed by atoms with Crippen molar-refractivity contribution in [2.45, 2.75) is 30.8 Å². The molecule has 0 N–H and O–H groups in total. The molecule has 0 aromatic heterocycles. The van der Waals surface area contributed by atoms with Gasteiger partial charge >= 0.3 is 0 Å². The lowest BCUT2D eigenvalue weighted by molar-refractivity contribution is -0.117. The zero-order chi connectivity index (χ0) is 15.7. The van der Waals surface area contributed by atoms with Crippen molar-refractivity contribution >= 4 is 21.6 Å². The van der Waals surface area contributed by atoms with Crippen LogP contribution in [-0.2, 0) is 19.6 Å². The third-order valence-electron chi connectivity index (χ3n) is 4.06. The maximum absolute atomic E-state index is 12.6. The summed E-state index contributed by atoms with van der Waals surface area (Å²) in [5.74, 6) is 0.0950. The van der Waals surface area contributed by atoms with Crippen LogP contribution in [0.3, 0.4) is 0 Å². The van der Waals surface area contributed by atoms with Crippen molar-refractivity contribution in [1.82, 2.24) is 4.31 Å². The second-order valence-electron chi connectivity index (χ2n) is 5.69. The van der Waals surface area contributed by atoms with Crippen molar-refractivity contribution in [3.8, 4) is 0 Å². The molecule has 2 saturated heterocycles. The van der Waals surface area contributed by atoms with Gasteiger partial charge in [0.25, 0.3) is 0 Å². The maximum Gasteiger partial charge on any atom is 0.243 e. The average molecular weight is 324 g/mol. The van der Waals surface area contributed by atoms with Crippen molar-refractivity contribution in [2.24, 2.45) is 0 Å². The third kappa shape index (κ3) is 2.88. The predicted octanol–water partition coefficient (Wildman–Crippen LogP) is 1.22. The largest absolute Gasteiger partial charge is 0.376 e. The zero-order valence-electron chi connectivity index (χ0n) is 12.6. The summed E-state index contributed by atoms with van der Waals surface area (Å²) in [4.78, 5) is 13.7. The van der Waals surface area contributed by atoms with Crippen LogP contribution in [0, 0.1) is 0 Å². The Hall–Kier alpha value is -1.44. The van der Waals surface area contributed by atoms with E-state index in [0.717, 1.165) is 12.1 Å². The highest BCUT2D eigenvalue weighted by Gasteiger charge is 2.29. The quantitative estimate of drug-likeness (QED) is 0.838. The number of nitrogens with zero attached hydrogens (tertiary/aromatic N) is 2. The Morgan fingerprint density at radius 1 is 1.18 bits per heavy atom. The lowest BCUT2D eigenvalue weighted by Gasteiger charge is -2.30. The second-order valence-corrected chi connectivity index (χ2v) is 7.63. The number of rotatable bonds is 3. The number of amides is 1. The summed E-state index contributed by atoms with van der Waals surface area (Å²) in [6.45, 7) is 3.73. The smallest absolute Gasteiger partial charge is 0.243 e. The van der Waals surface area contributed by atoms with Crippen molar-refractivity contribution in [3.63, 3.8) is 0 Å². The van der Waals surface area contributed by atoms with Gasteiger partial charge in [0.05, 0.1) is 17.6 Å². The molecule has 0 spiro atoms. The number of sulfonamides is 1. The number of morpholine rings is 1. The van der Waals surface area contributed by atoms with Gasteiger partial charge in [0, 0.05) is 31.7 Å². The van der Waals surface area contributed by atoms with E-state index >= 15 is 0 Å². The highest BCUT2D eigenvalue weighted by atomic mass is 32.2. The van der Waals surface area contributed by atoms with Gasteiger partial charge in [0.2, 0.25) is 15.9 Å². The number of carbonyl (C=O) groups is 1. The fourth-order valence-corrected chi connectivity index (χ4v) is 4.37. The molecule has 2 aliphatic heterocycles. The van der Waals surface area contributed by atoms with Crippen molar-refractivity contribution < 1.29 is 17.9 Å². The van der Waals surface area contributed by atoms with Crippen LogP contribution >= 0.6 is 0 Å². The number of anilines is 1. The van der Waals surface area contributed by atoms with Crippen LogP contribution in [0.4, 0.5) is 5.69 Å². The van der Waals surface area contributed by atoms with Crippen molar-refractivity contribution in [1.29, 1.82) is 0 Å². The molecule has 2 aliphatic rings. The Bertz CT molecular complexity index is 657. The Labute approximate surface area is 130 Å². The lowest BCUT2D eigenvalue weighted by atomic mass is 10.3. The summed E-state index contributed by atoms with van der Waals surface area (Å²) < 4.78 is 32.1. The van der Waals surface area contributed by atoms with Gasteiger partial charge in [-0.15, -0.1) is 0 Å². The van der Waals surface area contributed by atoms with E-state index in [1.807, 2.05) is 6.92 Å². The Morgan fingerprint density at radius 3 is 2.50 bits per heavy atom. The van der Waals surface area contributed by atoms with Gasteiger partial charge < -0.3 is 9.64 Å². The topological polar surface area (TPSA) is 66.9 Å². The zero-order valence-corrected chi connectivity index (χ0v) is 13.4. The first kappa shape index (κ1) is 15.5. The third-order valence-corrected chi connectivity index (χ3v) is 5.94. The van der Waals surface area contributed by atoms with Crippen LogP contribution in [0.1, 0.15) is 19.8 Å². The van der Waals surface area contributed by atoms with E-state index in [1.165, 1.54) is 4.31 Å². The van der Waals surface area contributed by atoms with E-state index in [0.29, 0.717) is 32.7 Å². The van der Waals surface area contributed by atoms with Gasteiger partial charge in [-0.25, -0.2) is 8.42 Å². The average Bonchev–Trinajstić information content (AvgIpc) is 2.93. The van der Waals surface area contributed by atoms with Crippen LogP contribution in [0.5, 0.6) is 0 Å². The predicted molar refractivity (Wildman–Crippen MR) is 82.2 cm³/mol. The molecule has 1 aromatic carbocycles. The minimum atomic E-state index is -3.50. The van der Waals surface area contributed by atoms with Gasteiger partial charge in [-0.05, 0) is 37.6 Å². The Balaban J connectivity index is 1.81. The van der Waals surface area contributed by atoms with Gasteiger partial charge in [-0.2, -0.15) is 4.31 Å². The van der Waals surface area contributed by atoms with Crippen LogP contribution in [0.15, 0.2) is 29.2 Å². The van der Waals surface area contributed by atoms with E-state index < -0.39 is 10.0 Å². The van der Waals surface area contributed by atoms with Gasteiger partial charge in [0.1, 0.15) is 0 Å². The highest BCUT2D eigenvalue weighted by molar-refractivity contribution is 7.89. The Morgan fingerprint density at radius 2 is 1.91 bits per heavy atom. The molecule has 0 saturated carbocycles. The van der Waals surface area contributed by atoms with E-state index in [9.17, 15) is 13.2 Å². The van der Waals surface area contributed by atoms with Gasteiger partial charge in [0.15, 0.2) is 0 Å². The molecule has 2 fully saturated rings. The fraction of sp³-hybridized carbons (Fsp3) is 0.533. The molecule has 2 heterocycles. The first-order valence-electron chi connectivity index (χ1n) is 7.50. The fourth-order valence-electron chi connectivity index (χ4n) is 2.87. The molecular weight excluding hydrogens is 304 g/mol. The van der Waals surface area contributed by atoms with Crippen LogP contribution < -0.4 is 4.90 Å². The van der Waals surface area contributed by atoms with Crippen LogP contribution in [-0.4, -0.2) is 51.0 Å². The molecule has 0 aliphatic carbocycles. The Kier molecular flexibility index (Phi) is 4.20. The molecule has 1 aromatic rings. The minimum Gasteiger partial charge on any atom is -0.376 e.